The van der Waals surface area contributed by atoms with Crippen LogP contribution in [0.25, 0.3) is 11.3 Å². The Morgan fingerprint density at radius 1 is 0.933 bits per heavy atom. The van der Waals surface area contributed by atoms with Gasteiger partial charge in [-0.05, 0) is 37.3 Å². The molecule has 0 radical (unpaired) electrons. The lowest BCUT2D eigenvalue weighted by molar-refractivity contribution is 0.509. The Kier molecular flexibility index (Phi) is 2.41. The maximum atomic E-state index is 12.9. The first kappa shape index (κ1) is 9.71. The molecule has 0 fully saturated rings. The smallest absolute Gasteiger partial charge is 0.159 e. The van der Waals surface area contributed by atoms with Crippen molar-refractivity contribution in [1.82, 2.24) is 10.2 Å². The fraction of sp³-hybridized carbons (Fsp3) is 0.0909. The van der Waals surface area contributed by atoms with Crippen molar-refractivity contribution in [3.8, 4) is 11.3 Å². The molecule has 0 saturated carbocycles. The molecule has 0 unspecified atom stereocenters. The molecule has 0 saturated heterocycles. The second-order valence-corrected chi connectivity index (χ2v) is 3.19. The van der Waals surface area contributed by atoms with Gasteiger partial charge in [0.15, 0.2) is 11.6 Å². The van der Waals surface area contributed by atoms with Crippen LogP contribution in [0, 0.1) is 18.6 Å². The summed E-state index contributed by atoms with van der Waals surface area (Å²) >= 11 is 0. The van der Waals surface area contributed by atoms with Gasteiger partial charge in [-0.2, -0.15) is 10.2 Å². The Labute approximate surface area is 85.6 Å². The number of rotatable bonds is 1. The summed E-state index contributed by atoms with van der Waals surface area (Å²) in [5.74, 6) is -1.74. The van der Waals surface area contributed by atoms with Crippen molar-refractivity contribution in [2.45, 2.75) is 6.92 Å². The van der Waals surface area contributed by atoms with Crippen LogP contribution in [0.2, 0.25) is 0 Å². The second kappa shape index (κ2) is 3.73. The molecule has 1 aromatic heterocycles. The van der Waals surface area contributed by atoms with Crippen LogP contribution in [0.5, 0.6) is 0 Å². The molecule has 0 aliphatic carbocycles. The quantitative estimate of drug-likeness (QED) is 0.716. The van der Waals surface area contributed by atoms with Crippen molar-refractivity contribution in [2.24, 2.45) is 0 Å². The van der Waals surface area contributed by atoms with E-state index in [-0.39, 0.29) is 0 Å². The lowest BCUT2D eigenvalue weighted by atomic mass is 10.1. The average Bonchev–Trinajstić information content (AvgIpc) is 2.23. The lowest BCUT2D eigenvalue weighted by Crippen LogP contribution is -1.91. The lowest BCUT2D eigenvalue weighted by Gasteiger charge is -2.00. The topological polar surface area (TPSA) is 25.8 Å². The number of hydrogen-bond donors (Lipinski definition) is 0. The van der Waals surface area contributed by atoms with Crippen molar-refractivity contribution in [3.05, 3.63) is 47.7 Å². The Hall–Kier alpha value is -1.84. The van der Waals surface area contributed by atoms with Crippen LogP contribution in [0.15, 0.2) is 30.3 Å². The van der Waals surface area contributed by atoms with Crippen molar-refractivity contribution in [1.29, 1.82) is 0 Å². The van der Waals surface area contributed by atoms with Gasteiger partial charge in [0.2, 0.25) is 0 Å². The molecule has 0 aliphatic rings. The van der Waals surface area contributed by atoms with Gasteiger partial charge in [-0.3, -0.25) is 0 Å². The molecule has 0 aliphatic heterocycles. The molecule has 0 N–H and O–H groups in total. The zero-order valence-corrected chi connectivity index (χ0v) is 8.04. The molecule has 15 heavy (non-hydrogen) atoms. The third-order valence-corrected chi connectivity index (χ3v) is 2.01. The van der Waals surface area contributed by atoms with Crippen LogP contribution in [-0.4, -0.2) is 10.2 Å². The maximum Gasteiger partial charge on any atom is 0.159 e. The van der Waals surface area contributed by atoms with Gasteiger partial charge in [-0.25, -0.2) is 8.78 Å². The van der Waals surface area contributed by atoms with E-state index in [4.69, 9.17) is 0 Å². The van der Waals surface area contributed by atoms with E-state index in [9.17, 15) is 8.78 Å². The Morgan fingerprint density at radius 2 is 1.73 bits per heavy atom. The Balaban J connectivity index is 2.45. The van der Waals surface area contributed by atoms with Gasteiger partial charge in [0.05, 0.1) is 11.4 Å². The van der Waals surface area contributed by atoms with Gasteiger partial charge in [-0.15, -0.1) is 0 Å². The van der Waals surface area contributed by atoms with E-state index >= 15 is 0 Å². The molecule has 1 aromatic carbocycles. The number of benzene rings is 1. The summed E-state index contributed by atoms with van der Waals surface area (Å²) in [6.45, 7) is 1.81. The van der Waals surface area contributed by atoms with Gasteiger partial charge in [0, 0.05) is 5.56 Å². The number of hydrogen-bond acceptors (Lipinski definition) is 2. The van der Waals surface area contributed by atoms with E-state index in [0.717, 1.165) is 17.8 Å². The summed E-state index contributed by atoms with van der Waals surface area (Å²) < 4.78 is 25.6. The van der Waals surface area contributed by atoms with Crippen LogP contribution in [-0.2, 0) is 0 Å². The summed E-state index contributed by atoms with van der Waals surface area (Å²) in [5, 5.41) is 7.72. The van der Waals surface area contributed by atoms with E-state index in [1.54, 1.807) is 12.1 Å². The maximum absolute atomic E-state index is 12.9. The van der Waals surface area contributed by atoms with Gasteiger partial charge >= 0.3 is 0 Å². The van der Waals surface area contributed by atoms with E-state index in [1.165, 1.54) is 6.07 Å². The summed E-state index contributed by atoms with van der Waals surface area (Å²) in [5.41, 5.74) is 1.82. The predicted octanol–water partition coefficient (Wildman–Crippen LogP) is 2.73. The molecular formula is C11H8F2N2. The largest absolute Gasteiger partial charge is 0.204 e. The van der Waals surface area contributed by atoms with Gasteiger partial charge in [-0.1, -0.05) is 0 Å². The molecule has 4 heteroatoms. The minimum absolute atomic E-state index is 0.515. The summed E-state index contributed by atoms with van der Waals surface area (Å²) in [6.07, 6.45) is 0. The standard InChI is InChI=1S/C11H8F2N2/c1-7-2-5-11(15-14-7)8-3-4-9(12)10(13)6-8/h2-6H,1H3. The summed E-state index contributed by atoms with van der Waals surface area (Å²) in [7, 11) is 0. The highest BCUT2D eigenvalue weighted by Gasteiger charge is 2.05. The molecule has 0 amide bonds. The van der Waals surface area contributed by atoms with Crippen molar-refractivity contribution < 1.29 is 8.78 Å². The van der Waals surface area contributed by atoms with E-state index in [0.29, 0.717) is 11.3 Å². The Morgan fingerprint density at radius 3 is 2.33 bits per heavy atom. The summed E-state index contributed by atoms with van der Waals surface area (Å²) in [6, 6.07) is 7.14. The molecule has 0 atom stereocenters. The molecule has 2 nitrogen and oxygen atoms in total. The zero-order valence-electron chi connectivity index (χ0n) is 8.04. The van der Waals surface area contributed by atoms with E-state index < -0.39 is 11.6 Å². The fourth-order valence-corrected chi connectivity index (χ4v) is 1.21. The summed E-state index contributed by atoms with van der Waals surface area (Å²) in [4.78, 5) is 0. The fourth-order valence-electron chi connectivity index (χ4n) is 1.21. The Bertz CT molecular complexity index is 480. The number of aryl methyl sites for hydroxylation is 1. The van der Waals surface area contributed by atoms with Crippen molar-refractivity contribution in [2.75, 3.05) is 0 Å². The first-order chi connectivity index (χ1) is 7.16. The van der Waals surface area contributed by atoms with Gasteiger partial charge in [0.1, 0.15) is 0 Å². The normalized spacial score (nSPS) is 10.3. The van der Waals surface area contributed by atoms with E-state index in [2.05, 4.69) is 10.2 Å². The van der Waals surface area contributed by atoms with Crippen LogP contribution >= 0.6 is 0 Å². The van der Waals surface area contributed by atoms with E-state index in [1.807, 2.05) is 6.92 Å². The minimum Gasteiger partial charge on any atom is -0.204 e. The predicted molar refractivity (Wildman–Crippen MR) is 52.1 cm³/mol. The number of nitrogens with zero attached hydrogens (tertiary/aromatic N) is 2. The second-order valence-electron chi connectivity index (χ2n) is 3.19. The number of aromatic nitrogens is 2. The highest BCUT2D eigenvalue weighted by atomic mass is 19.2. The molecular weight excluding hydrogens is 198 g/mol. The van der Waals surface area contributed by atoms with Crippen molar-refractivity contribution >= 4 is 0 Å². The first-order valence-corrected chi connectivity index (χ1v) is 4.42. The molecule has 1 heterocycles. The van der Waals surface area contributed by atoms with Crippen LogP contribution < -0.4 is 0 Å². The molecule has 2 aromatic rings. The minimum atomic E-state index is -0.880. The number of halogens is 2. The van der Waals surface area contributed by atoms with Crippen molar-refractivity contribution in [3.63, 3.8) is 0 Å². The van der Waals surface area contributed by atoms with Crippen LogP contribution in [0.3, 0.4) is 0 Å². The zero-order chi connectivity index (χ0) is 10.8. The highest BCUT2D eigenvalue weighted by molar-refractivity contribution is 5.58. The third kappa shape index (κ3) is 1.98. The molecule has 76 valence electrons. The highest BCUT2D eigenvalue weighted by Crippen LogP contribution is 2.18. The first-order valence-electron chi connectivity index (χ1n) is 4.42. The third-order valence-electron chi connectivity index (χ3n) is 2.01. The monoisotopic (exact) mass is 206 g/mol. The SMILES string of the molecule is Cc1ccc(-c2ccc(F)c(F)c2)nn1. The molecule has 2 rings (SSSR count). The van der Waals surface area contributed by atoms with Crippen LogP contribution in [0.1, 0.15) is 5.69 Å². The van der Waals surface area contributed by atoms with Gasteiger partial charge < -0.3 is 0 Å². The van der Waals surface area contributed by atoms with Crippen LogP contribution in [0.4, 0.5) is 8.78 Å². The van der Waals surface area contributed by atoms with Gasteiger partial charge in [0.25, 0.3) is 0 Å². The molecule has 0 bridgehead atoms. The molecule has 0 spiro atoms. The average molecular weight is 206 g/mol.